The lowest BCUT2D eigenvalue weighted by atomic mass is 9.78. The van der Waals surface area contributed by atoms with Gasteiger partial charge in [0, 0.05) is 27.7 Å². The summed E-state index contributed by atoms with van der Waals surface area (Å²) in [5.74, 6) is 0.324. The van der Waals surface area contributed by atoms with E-state index in [1.165, 1.54) is 0 Å². The molecular formula is C49H44O8. The van der Waals surface area contributed by atoms with Gasteiger partial charge in [0.15, 0.2) is 17.7 Å². The molecule has 0 saturated heterocycles. The minimum absolute atomic E-state index is 0.0957. The van der Waals surface area contributed by atoms with E-state index in [2.05, 4.69) is 13.8 Å². The molecule has 6 aromatic carbocycles. The van der Waals surface area contributed by atoms with Gasteiger partial charge in [0.05, 0.1) is 0 Å². The van der Waals surface area contributed by atoms with E-state index >= 15 is 0 Å². The van der Waals surface area contributed by atoms with Crippen LogP contribution in [-0.2, 0) is 15.0 Å². The Morgan fingerprint density at radius 2 is 0.877 bits per heavy atom. The molecule has 0 aliphatic rings. The topological polar surface area (TPSA) is 105 Å². The first-order chi connectivity index (χ1) is 27.4. The van der Waals surface area contributed by atoms with E-state index in [0.717, 1.165) is 11.1 Å². The SMILES string of the molecule is CCC(C)(Oc1ccc(C(=O)c2ccccc2)cc1)C(=O)Oc1ccc(C(C)(C)c2ccc(OC(C)C(=O)Oc3ccc(C(=O)c4ccccc4)cc3)cc2)cc1. The highest BCUT2D eigenvalue weighted by molar-refractivity contribution is 6.09. The molecule has 288 valence electrons. The first-order valence-electron chi connectivity index (χ1n) is 18.8. The van der Waals surface area contributed by atoms with Crippen molar-refractivity contribution in [1.82, 2.24) is 0 Å². The van der Waals surface area contributed by atoms with Gasteiger partial charge >= 0.3 is 11.9 Å². The van der Waals surface area contributed by atoms with Crippen molar-refractivity contribution in [1.29, 1.82) is 0 Å². The summed E-state index contributed by atoms with van der Waals surface area (Å²) in [7, 11) is 0. The molecule has 8 nitrogen and oxygen atoms in total. The van der Waals surface area contributed by atoms with E-state index in [-0.39, 0.29) is 11.6 Å². The molecule has 0 bridgehead atoms. The van der Waals surface area contributed by atoms with Crippen LogP contribution in [0.5, 0.6) is 23.0 Å². The number of carbonyl (C=O) groups is 4. The van der Waals surface area contributed by atoms with Crippen LogP contribution in [0.1, 0.15) is 84.0 Å². The standard InChI is InChI=1S/C49H44O8/c1-6-49(5,57-43-27-19-37(20-28-43)45(51)35-15-11-8-12-16-35)47(53)56-42-31-23-39(24-32-42)48(3,4)38-21-29-40(30-22-38)54-33(2)46(52)55-41-25-17-36(18-26-41)44(50)34-13-9-7-10-14-34/h7-33H,6H2,1-5H3. The quantitative estimate of drug-likeness (QED) is 0.0579. The van der Waals surface area contributed by atoms with Gasteiger partial charge in [-0.3, -0.25) is 9.59 Å². The van der Waals surface area contributed by atoms with Gasteiger partial charge in [0.25, 0.3) is 0 Å². The predicted octanol–water partition coefficient (Wildman–Crippen LogP) is 10.0. The normalized spacial score (nSPS) is 12.7. The van der Waals surface area contributed by atoms with E-state index in [4.69, 9.17) is 18.9 Å². The lowest BCUT2D eigenvalue weighted by Gasteiger charge is -2.28. The Bertz CT molecular complexity index is 2320. The van der Waals surface area contributed by atoms with Crippen molar-refractivity contribution in [2.75, 3.05) is 0 Å². The summed E-state index contributed by atoms with van der Waals surface area (Å²) < 4.78 is 23.3. The molecule has 0 saturated carbocycles. The molecular weight excluding hydrogens is 717 g/mol. The van der Waals surface area contributed by atoms with Crippen LogP contribution in [0.4, 0.5) is 0 Å². The summed E-state index contributed by atoms with van der Waals surface area (Å²) in [6, 6.07) is 46.0. The summed E-state index contributed by atoms with van der Waals surface area (Å²) in [5, 5.41) is 0. The summed E-state index contributed by atoms with van der Waals surface area (Å²) >= 11 is 0. The van der Waals surface area contributed by atoms with Crippen molar-refractivity contribution in [2.24, 2.45) is 0 Å². The lowest BCUT2D eigenvalue weighted by Crippen LogP contribution is -2.44. The molecule has 6 aromatic rings. The van der Waals surface area contributed by atoms with Gasteiger partial charge in [-0.15, -0.1) is 0 Å². The molecule has 0 amide bonds. The molecule has 0 fully saturated rings. The number of hydrogen-bond donors (Lipinski definition) is 0. The zero-order valence-electron chi connectivity index (χ0n) is 32.6. The summed E-state index contributed by atoms with van der Waals surface area (Å²) in [5.41, 5.74) is 2.49. The second-order valence-electron chi connectivity index (χ2n) is 14.4. The van der Waals surface area contributed by atoms with Crippen LogP contribution in [0.15, 0.2) is 158 Å². The van der Waals surface area contributed by atoms with E-state index in [9.17, 15) is 19.2 Å². The Kier molecular flexibility index (Phi) is 12.1. The third kappa shape index (κ3) is 9.54. The van der Waals surface area contributed by atoms with Crippen LogP contribution in [0.25, 0.3) is 0 Å². The van der Waals surface area contributed by atoms with Crippen LogP contribution >= 0.6 is 0 Å². The van der Waals surface area contributed by atoms with Gasteiger partial charge in [0.1, 0.15) is 23.0 Å². The lowest BCUT2D eigenvalue weighted by molar-refractivity contribution is -0.151. The zero-order chi connectivity index (χ0) is 40.6. The fraction of sp³-hybridized carbons (Fsp3) is 0.184. The Morgan fingerprint density at radius 3 is 1.33 bits per heavy atom. The van der Waals surface area contributed by atoms with E-state index in [1.54, 1.807) is 111 Å². The first-order valence-corrected chi connectivity index (χ1v) is 18.8. The summed E-state index contributed by atoms with van der Waals surface area (Å²) in [6.07, 6.45) is -0.533. The Morgan fingerprint density at radius 1 is 0.491 bits per heavy atom. The number of esters is 2. The first kappa shape index (κ1) is 39.9. The van der Waals surface area contributed by atoms with Gasteiger partial charge in [-0.25, -0.2) is 9.59 Å². The minimum Gasteiger partial charge on any atom is -0.479 e. The molecule has 0 radical (unpaired) electrons. The van der Waals surface area contributed by atoms with Crippen LogP contribution in [0, 0.1) is 0 Å². The van der Waals surface area contributed by atoms with Crippen molar-refractivity contribution in [2.45, 2.75) is 58.2 Å². The molecule has 0 spiro atoms. The van der Waals surface area contributed by atoms with Crippen LogP contribution < -0.4 is 18.9 Å². The third-order valence-electron chi connectivity index (χ3n) is 9.98. The van der Waals surface area contributed by atoms with E-state index < -0.39 is 29.1 Å². The van der Waals surface area contributed by atoms with Crippen molar-refractivity contribution < 1.29 is 38.1 Å². The van der Waals surface area contributed by atoms with E-state index in [1.807, 2.05) is 67.6 Å². The van der Waals surface area contributed by atoms with Gasteiger partial charge in [-0.2, -0.15) is 0 Å². The monoisotopic (exact) mass is 760 g/mol. The van der Waals surface area contributed by atoms with Crippen LogP contribution in [0.3, 0.4) is 0 Å². The van der Waals surface area contributed by atoms with Crippen molar-refractivity contribution in [3.05, 3.63) is 191 Å². The molecule has 2 atom stereocenters. The highest BCUT2D eigenvalue weighted by Crippen LogP contribution is 2.34. The maximum absolute atomic E-state index is 13.4. The second kappa shape index (κ2) is 17.3. The molecule has 0 aromatic heterocycles. The number of ether oxygens (including phenoxy) is 4. The Hall–Kier alpha value is -6.80. The number of carbonyl (C=O) groups excluding carboxylic acids is 4. The summed E-state index contributed by atoms with van der Waals surface area (Å²) in [4.78, 5) is 51.7. The zero-order valence-corrected chi connectivity index (χ0v) is 32.6. The fourth-order valence-corrected chi connectivity index (χ4v) is 6.10. The molecule has 6 rings (SSSR count). The maximum Gasteiger partial charge on any atom is 0.355 e. The third-order valence-corrected chi connectivity index (χ3v) is 9.98. The average molecular weight is 761 g/mol. The van der Waals surface area contributed by atoms with Gasteiger partial charge < -0.3 is 18.9 Å². The van der Waals surface area contributed by atoms with Crippen molar-refractivity contribution in [3.8, 4) is 23.0 Å². The van der Waals surface area contributed by atoms with Crippen molar-refractivity contribution >= 4 is 23.5 Å². The van der Waals surface area contributed by atoms with Gasteiger partial charge in [0.2, 0.25) is 5.60 Å². The van der Waals surface area contributed by atoms with E-state index in [0.29, 0.717) is 51.7 Å². The number of rotatable bonds is 15. The molecule has 57 heavy (non-hydrogen) atoms. The molecule has 8 heteroatoms. The maximum atomic E-state index is 13.4. The molecule has 0 aliphatic carbocycles. The average Bonchev–Trinajstić information content (AvgIpc) is 3.24. The Balaban J connectivity index is 1.02. The molecule has 2 unspecified atom stereocenters. The molecule has 0 N–H and O–H groups in total. The summed E-state index contributed by atoms with van der Waals surface area (Å²) in [6.45, 7) is 9.32. The van der Waals surface area contributed by atoms with Crippen LogP contribution in [-0.4, -0.2) is 35.2 Å². The van der Waals surface area contributed by atoms with Crippen LogP contribution in [0.2, 0.25) is 0 Å². The minimum atomic E-state index is -1.27. The smallest absolute Gasteiger partial charge is 0.355 e. The second-order valence-corrected chi connectivity index (χ2v) is 14.4. The number of benzene rings is 6. The number of hydrogen-bond acceptors (Lipinski definition) is 8. The highest BCUT2D eigenvalue weighted by atomic mass is 16.6. The molecule has 0 heterocycles. The molecule has 0 aliphatic heterocycles. The predicted molar refractivity (Wildman–Crippen MR) is 218 cm³/mol. The highest BCUT2D eigenvalue weighted by Gasteiger charge is 2.36. The van der Waals surface area contributed by atoms with Crippen molar-refractivity contribution in [3.63, 3.8) is 0 Å². The fourth-order valence-electron chi connectivity index (χ4n) is 6.10. The van der Waals surface area contributed by atoms with Gasteiger partial charge in [-0.1, -0.05) is 106 Å². The van der Waals surface area contributed by atoms with Gasteiger partial charge in [-0.05, 0) is 104 Å². The Labute approximate surface area is 333 Å². The number of ketones is 2. The largest absolute Gasteiger partial charge is 0.479 e.